The van der Waals surface area contributed by atoms with E-state index < -0.39 is 35.3 Å². The number of thioether (sulfide) groups is 1. The van der Waals surface area contributed by atoms with Gasteiger partial charge in [0.2, 0.25) is 5.91 Å². The van der Waals surface area contributed by atoms with Crippen LogP contribution in [0.1, 0.15) is 16.7 Å². The topological polar surface area (TPSA) is 84.9 Å². The van der Waals surface area contributed by atoms with E-state index in [4.69, 9.17) is 32.7 Å². The van der Waals surface area contributed by atoms with Crippen molar-refractivity contribution in [3.05, 3.63) is 92.3 Å². The van der Waals surface area contributed by atoms with E-state index in [1.807, 2.05) is 0 Å². The van der Waals surface area contributed by atoms with Gasteiger partial charge in [-0.15, -0.1) is 0 Å². The Bertz CT molecular complexity index is 1500. The van der Waals surface area contributed by atoms with Crippen molar-refractivity contribution in [3.63, 3.8) is 0 Å². The number of alkyl halides is 3. The minimum atomic E-state index is -4.64. The Balaban J connectivity index is 1.38. The van der Waals surface area contributed by atoms with Crippen LogP contribution in [-0.4, -0.2) is 35.6 Å². The molecule has 7 nitrogen and oxygen atoms in total. The number of carbonyl (C=O) groups is 3. The first kappa shape index (κ1) is 29.3. The summed E-state index contributed by atoms with van der Waals surface area (Å²) in [6, 6.07) is 14.5. The van der Waals surface area contributed by atoms with E-state index in [2.05, 4.69) is 5.32 Å². The second-order valence-corrected chi connectivity index (χ2v) is 10.1. The Kier molecular flexibility index (Phi) is 8.97. The highest BCUT2D eigenvalue weighted by Crippen LogP contribution is 2.36. The van der Waals surface area contributed by atoms with Crippen LogP contribution in [0.2, 0.25) is 10.0 Å². The Hall–Kier alpha value is -3.67. The molecule has 1 heterocycles. The van der Waals surface area contributed by atoms with Gasteiger partial charge >= 0.3 is 6.18 Å². The van der Waals surface area contributed by atoms with Crippen molar-refractivity contribution in [2.45, 2.75) is 12.8 Å². The maximum atomic E-state index is 13.1. The third-order valence-corrected chi connectivity index (χ3v) is 7.19. The molecule has 208 valence electrons. The molecule has 3 amide bonds. The second kappa shape index (κ2) is 12.2. The average Bonchev–Trinajstić information content (AvgIpc) is 3.16. The number of rotatable bonds is 8. The Morgan fingerprint density at radius 3 is 2.40 bits per heavy atom. The van der Waals surface area contributed by atoms with Gasteiger partial charge in [0.15, 0.2) is 0 Å². The number of nitrogens with zero attached hydrogens (tertiary/aromatic N) is 1. The number of nitrogens with one attached hydrogen (secondary N) is 1. The van der Waals surface area contributed by atoms with Crippen molar-refractivity contribution in [1.82, 2.24) is 4.90 Å². The normalized spacial score (nSPS) is 14.6. The first-order valence-corrected chi connectivity index (χ1v) is 13.0. The van der Waals surface area contributed by atoms with Crippen LogP contribution in [0.25, 0.3) is 6.08 Å². The van der Waals surface area contributed by atoms with E-state index in [1.165, 1.54) is 13.2 Å². The lowest BCUT2D eigenvalue weighted by Gasteiger charge is -2.16. The third-order valence-electron chi connectivity index (χ3n) is 5.54. The maximum Gasteiger partial charge on any atom is 0.416 e. The highest BCUT2D eigenvalue weighted by atomic mass is 35.5. The van der Waals surface area contributed by atoms with Gasteiger partial charge in [0.1, 0.15) is 24.7 Å². The predicted octanol–water partition coefficient (Wildman–Crippen LogP) is 7.27. The molecule has 4 rings (SSSR count). The van der Waals surface area contributed by atoms with E-state index in [1.54, 1.807) is 42.5 Å². The summed E-state index contributed by atoms with van der Waals surface area (Å²) < 4.78 is 50.0. The van der Waals surface area contributed by atoms with Crippen LogP contribution in [0.5, 0.6) is 11.5 Å². The van der Waals surface area contributed by atoms with Gasteiger partial charge in [-0.25, -0.2) is 0 Å². The van der Waals surface area contributed by atoms with Crippen LogP contribution >= 0.6 is 35.0 Å². The molecule has 1 aliphatic rings. The van der Waals surface area contributed by atoms with E-state index >= 15 is 0 Å². The molecule has 0 radical (unpaired) electrons. The summed E-state index contributed by atoms with van der Waals surface area (Å²) in [7, 11) is 1.23. The van der Waals surface area contributed by atoms with E-state index in [9.17, 15) is 27.6 Å². The number of anilines is 1. The second-order valence-electron chi connectivity index (χ2n) is 8.34. The van der Waals surface area contributed by atoms with Gasteiger partial charge in [-0.3, -0.25) is 19.3 Å². The minimum absolute atomic E-state index is 0.0141. The number of methoxy groups -OCH3 is 1. The predicted molar refractivity (Wildman–Crippen MR) is 147 cm³/mol. The molecule has 0 aromatic heterocycles. The molecule has 0 unspecified atom stereocenters. The van der Waals surface area contributed by atoms with Crippen molar-refractivity contribution >= 4 is 63.8 Å². The van der Waals surface area contributed by atoms with Crippen molar-refractivity contribution < 1.29 is 37.0 Å². The highest BCUT2D eigenvalue weighted by Gasteiger charge is 2.37. The lowest BCUT2D eigenvalue weighted by molar-refractivity contribution is -0.137. The van der Waals surface area contributed by atoms with Gasteiger partial charge in [-0.1, -0.05) is 41.4 Å². The molecule has 1 saturated heterocycles. The molecule has 0 bridgehead atoms. The number of benzene rings is 3. The van der Waals surface area contributed by atoms with Crippen molar-refractivity contribution in [2.24, 2.45) is 0 Å². The lowest BCUT2D eigenvalue weighted by Crippen LogP contribution is -2.36. The molecule has 0 spiro atoms. The zero-order valence-electron chi connectivity index (χ0n) is 20.6. The molecule has 13 heteroatoms. The molecule has 40 heavy (non-hydrogen) atoms. The summed E-state index contributed by atoms with van der Waals surface area (Å²) in [5.74, 6) is -1.04. The molecule has 1 aliphatic heterocycles. The smallest absolute Gasteiger partial charge is 0.416 e. The Morgan fingerprint density at radius 1 is 1.02 bits per heavy atom. The number of ether oxygens (including phenoxy) is 2. The van der Waals surface area contributed by atoms with Crippen LogP contribution in [0, 0.1) is 0 Å². The molecule has 3 aromatic rings. The monoisotopic (exact) mass is 610 g/mol. The largest absolute Gasteiger partial charge is 0.495 e. The van der Waals surface area contributed by atoms with Crippen molar-refractivity contribution in [3.8, 4) is 11.5 Å². The number of amides is 3. The summed E-state index contributed by atoms with van der Waals surface area (Å²) in [6.45, 7) is -0.438. The number of imide groups is 1. The minimum Gasteiger partial charge on any atom is -0.495 e. The molecular weight excluding hydrogens is 592 g/mol. The quantitative estimate of drug-likeness (QED) is 0.270. The van der Waals surface area contributed by atoms with Crippen LogP contribution in [0.4, 0.5) is 23.7 Å². The molecule has 3 aromatic carbocycles. The summed E-state index contributed by atoms with van der Waals surface area (Å²) in [4.78, 5) is 38.6. The van der Waals surface area contributed by atoms with Gasteiger partial charge in [0.05, 0.1) is 33.3 Å². The number of halogens is 5. The summed E-state index contributed by atoms with van der Waals surface area (Å²) in [5, 5.41) is 2.44. The summed E-state index contributed by atoms with van der Waals surface area (Å²) >= 11 is 12.6. The molecule has 0 atom stereocenters. The fourth-order valence-electron chi connectivity index (χ4n) is 3.56. The fraction of sp³-hybridized carbons (Fsp3) is 0.148. The standard InChI is InChI=1S/C27H19Cl2F3N2O5S/c1-38-22-9-5-17(27(30,31)32)12-21(22)33-24(35)13-34-25(36)23(40-26(34)37)11-15-2-6-18(7-3-15)39-14-16-4-8-19(28)20(29)10-16/h2-12H,13-14H2,1H3,(H,33,35)/b23-11-. The molecule has 1 fully saturated rings. The molecule has 1 N–H and O–H groups in total. The van der Waals surface area contributed by atoms with Gasteiger partial charge in [-0.05, 0) is 71.4 Å². The zero-order valence-corrected chi connectivity index (χ0v) is 22.9. The highest BCUT2D eigenvalue weighted by molar-refractivity contribution is 8.18. The van der Waals surface area contributed by atoms with E-state index in [-0.39, 0.29) is 22.9 Å². The number of hydrogen-bond donors (Lipinski definition) is 1. The summed E-state index contributed by atoms with van der Waals surface area (Å²) in [6.07, 6.45) is -3.15. The van der Waals surface area contributed by atoms with Crippen LogP contribution in [0.15, 0.2) is 65.6 Å². The SMILES string of the molecule is COc1ccc(C(F)(F)F)cc1NC(=O)CN1C(=O)S/C(=C\c2ccc(OCc3ccc(Cl)c(Cl)c3)cc2)C1=O. The first-order chi connectivity index (χ1) is 18.9. The lowest BCUT2D eigenvalue weighted by atomic mass is 10.1. The van der Waals surface area contributed by atoms with Crippen LogP contribution in [0.3, 0.4) is 0 Å². The van der Waals surface area contributed by atoms with Crippen LogP contribution < -0.4 is 14.8 Å². The van der Waals surface area contributed by atoms with Gasteiger partial charge in [-0.2, -0.15) is 13.2 Å². The van der Waals surface area contributed by atoms with Crippen LogP contribution in [-0.2, 0) is 22.4 Å². The van der Waals surface area contributed by atoms with Crippen molar-refractivity contribution in [1.29, 1.82) is 0 Å². The maximum absolute atomic E-state index is 13.1. The molecule has 0 saturated carbocycles. The molecule has 0 aliphatic carbocycles. The molecular formula is C27H19Cl2F3N2O5S. The third kappa shape index (κ3) is 7.09. The fourth-order valence-corrected chi connectivity index (χ4v) is 4.72. The number of carbonyl (C=O) groups excluding carboxylic acids is 3. The van der Waals surface area contributed by atoms with Gasteiger partial charge in [0.25, 0.3) is 11.1 Å². The van der Waals surface area contributed by atoms with Crippen molar-refractivity contribution in [2.75, 3.05) is 19.0 Å². The van der Waals surface area contributed by atoms with E-state index in [0.29, 0.717) is 44.1 Å². The Morgan fingerprint density at radius 2 is 1.75 bits per heavy atom. The first-order valence-electron chi connectivity index (χ1n) is 11.4. The Labute approximate surface area is 240 Å². The van der Waals surface area contributed by atoms with Gasteiger partial charge in [0, 0.05) is 0 Å². The number of hydrogen-bond acceptors (Lipinski definition) is 6. The van der Waals surface area contributed by atoms with E-state index in [0.717, 1.165) is 17.7 Å². The average molecular weight is 611 g/mol. The summed E-state index contributed by atoms with van der Waals surface area (Å²) in [5.41, 5.74) is 0.183. The van der Waals surface area contributed by atoms with Gasteiger partial charge < -0.3 is 14.8 Å². The zero-order chi connectivity index (χ0) is 29.0.